The molecule has 1 aliphatic heterocycles. The molecule has 1 aromatic heterocycles. The molecule has 2 unspecified atom stereocenters. The first kappa shape index (κ1) is 13.5. The normalized spacial score (nSPS) is 21.9. The highest BCUT2D eigenvalue weighted by Crippen LogP contribution is 2.37. The molecule has 1 fully saturated rings. The summed E-state index contributed by atoms with van der Waals surface area (Å²) in [6, 6.07) is 3.20. The number of hydrogen-bond donors (Lipinski definition) is 1. The second-order valence-corrected chi connectivity index (χ2v) is 5.55. The van der Waals surface area contributed by atoms with Gasteiger partial charge in [-0.2, -0.15) is 0 Å². The summed E-state index contributed by atoms with van der Waals surface area (Å²) in [5.74, 6) is 0.479. The molecule has 110 valence electrons. The maximum atomic E-state index is 11.8. The van der Waals surface area contributed by atoms with Crippen molar-refractivity contribution in [2.75, 3.05) is 11.4 Å². The lowest BCUT2D eigenvalue weighted by atomic mass is 10.0. The van der Waals surface area contributed by atoms with Crippen molar-refractivity contribution in [3.63, 3.8) is 0 Å². The summed E-state index contributed by atoms with van der Waals surface area (Å²) in [6.45, 7) is 4.98. The van der Waals surface area contributed by atoms with E-state index in [2.05, 4.69) is 23.8 Å². The zero-order chi connectivity index (χ0) is 15.1. The summed E-state index contributed by atoms with van der Waals surface area (Å²) in [4.78, 5) is 31.3. The van der Waals surface area contributed by atoms with Crippen LogP contribution in [0, 0.1) is 16.0 Å². The van der Waals surface area contributed by atoms with Crippen LogP contribution in [-0.4, -0.2) is 27.5 Å². The molecular weight excluding hydrogens is 272 g/mol. The number of aromatic amines is 1. The molecule has 0 saturated carbocycles. The molecule has 3 rings (SSSR count). The van der Waals surface area contributed by atoms with E-state index in [9.17, 15) is 14.9 Å². The third-order valence-electron chi connectivity index (χ3n) is 4.38. The van der Waals surface area contributed by atoms with Crippen molar-refractivity contribution < 1.29 is 4.92 Å². The van der Waals surface area contributed by atoms with E-state index in [0.717, 1.165) is 13.0 Å². The van der Waals surface area contributed by atoms with Crippen molar-refractivity contribution >= 4 is 22.3 Å². The minimum absolute atomic E-state index is 0.0399. The average molecular weight is 288 g/mol. The lowest BCUT2D eigenvalue weighted by molar-refractivity contribution is -0.384. The van der Waals surface area contributed by atoms with Gasteiger partial charge in [-0.05, 0) is 25.3 Å². The predicted molar refractivity (Wildman–Crippen MR) is 79.6 cm³/mol. The van der Waals surface area contributed by atoms with Crippen LogP contribution in [0.3, 0.4) is 0 Å². The van der Waals surface area contributed by atoms with Gasteiger partial charge in [-0.1, -0.05) is 6.92 Å². The van der Waals surface area contributed by atoms with Gasteiger partial charge in [0.1, 0.15) is 5.69 Å². The van der Waals surface area contributed by atoms with Gasteiger partial charge in [0.25, 0.3) is 11.2 Å². The van der Waals surface area contributed by atoms with Crippen LogP contribution in [0.4, 0.5) is 11.4 Å². The average Bonchev–Trinajstić information content (AvgIpc) is 2.78. The van der Waals surface area contributed by atoms with Crippen LogP contribution in [-0.2, 0) is 0 Å². The van der Waals surface area contributed by atoms with Crippen LogP contribution in [0.1, 0.15) is 20.3 Å². The highest BCUT2D eigenvalue weighted by atomic mass is 16.6. The summed E-state index contributed by atoms with van der Waals surface area (Å²) >= 11 is 0. The first-order valence-corrected chi connectivity index (χ1v) is 6.91. The van der Waals surface area contributed by atoms with E-state index in [1.54, 1.807) is 6.07 Å². The number of nitro benzene ring substituents is 1. The number of aromatic nitrogens is 2. The van der Waals surface area contributed by atoms with Crippen LogP contribution in [0.2, 0.25) is 0 Å². The van der Waals surface area contributed by atoms with Crippen LogP contribution >= 0.6 is 0 Å². The van der Waals surface area contributed by atoms with Gasteiger partial charge in [-0.25, -0.2) is 4.98 Å². The van der Waals surface area contributed by atoms with Crippen molar-refractivity contribution in [1.29, 1.82) is 0 Å². The van der Waals surface area contributed by atoms with Gasteiger partial charge >= 0.3 is 0 Å². The molecule has 0 aliphatic carbocycles. The van der Waals surface area contributed by atoms with Gasteiger partial charge in [0.15, 0.2) is 0 Å². The second kappa shape index (κ2) is 4.83. The Labute approximate surface area is 120 Å². The van der Waals surface area contributed by atoms with Crippen molar-refractivity contribution in [3.05, 3.63) is 38.9 Å². The molecule has 2 atom stereocenters. The summed E-state index contributed by atoms with van der Waals surface area (Å²) in [6.07, 6.45) is 2.31. The Hall–Kier alpha value is -2.44. The number of nitro groups is 1. The Kier molecular flexibility index (Phi) is 3.12. The molecule has 7 heteroatoms. The molecule has 2 heterocycles. The lowest BCUT2D eigenvalue weighted by Crippen LogP contribution is -2.29. The molecule has 21 heavy (non-hydrogen) atoms. The van der Waals surface area contributed by atoms with Crippen molar-refractivity contribution in [1.82, 2.24) is 9.97 Å². The second-order valence-electron chi connectivity index (χ2n) is 5.55. The maximum absolute atomic E-state index is 11.8. The highest BCUT2D eigenvalue weighted by molar-refractivity contribution is 5.87. The molecule has 1 N–H and O–H groups in total. The van der Waals surface area contributed by atoms with Gasteiger partial charge in [0, 0.05) is 18.7 Å². The standard InChI is InChI=1S/C14H16N4O3/c1-8-3-4-17(9(8)2)12-6-11-10(5-13(12)18(20)21)14(19)16-7-15-11/h5-9H,3-4H2,1-2H3,(H,15,16,19). The molecule has 1 saturated heterocycles. The third kappa shape index (κ3) is 2.14. The molecule has 1 aliphatic rings. The molecule has 7 nitrogen and oxygen atoms in total. The van der Waals surface area contributed by atoms with Crippen molar-refractivity contribution in [2.24, 2.45) is 5.92 Å². The summed E-state index contributed by atoms with van der Waals surface area (Å²) in [7, 11) is 0. The molecule has 1 aromatic carbocycles. The summed E-state index contributed by atoms with van der Waals surface area (Å²) in [5, 5.41) is 11.6. The highest BCUT2D eigenvalue weighted by Gasteiger charge is 2.32. The quantitative estimate of drug-likeness (QED) is 0.674. The fourth-order valence-electron chi connectivity index (χ4n) is 2.90. The summed E-state index contributed by atoms with van der Waals surface area (Å²) < 4.78 is 0. The van der Waals surface area contributed by atoms with Crippen molar-refractivity contribution in [3.8, 4) is 0 Å². The van der Waals surface area contributed by atoms with Gasteiger partial charge in [-0.15, -0.1) is 0 Å². The Morgan fingerprint density at radius 1 is 1.43 bits per heavy atom. The molecule has 0 spiro atoms. The number of benzene rings is 1. The first-order valence-electron chi connectivity index (χ1n) is 6.91. The zero-order valence-electron chi connectivity index (χ0n) is 11.9. The van der Waals surface area contributed by atoms with Crippen LogP contribution in [0.15, 0.2) is 23.3 Å². The van der Waals surface area contributed by atoms with Gasteiger partial charge in [-0.3, -0.25) is 14.9 Å². The number of hydrogen-bond acceptors (Lipinski definition) is 5. The van der Waals surface area contributed by atoms with Crippen LogP contribution in [0.25, 0.3) is 10.9 Å². The number of H-pyrrole nitrogens is 1. The van der Waals surface area contributed by atoms with E-state index >= 15 is 0 Å². The maximum Gasteiger partial charge on any atom is 0.293 e. The van der Waals surface area contributed by atoms with Gasteiger partial charge in [0.2, 0.25) is 0 Å². The minimum atomic E-state index is -0.434. The van der Waals surface area contributed by atoms with E-state index < -0.39 is 4.92 Å². The van der Waals surface area contributed by atoms with Gasteiger partial charge < -0.3 is 9.88 Å². The molecule has 2 aromatic rings. The molecule has 0 amide bonds. The smallest absolute Gasteiger partial charge is 0.293 e. The van der Waals surface area contributed by atoms with Crippen LogP contribution in [0.5, 0.6) is 0 Å². The van der Waals surface area contributed by atoms with E-state index in [0.29, 0.717) is 17.1 Å². The Bertz CT molecular complexity index is 770. The zero-order valence-corrected chi connectivity index (χ0v) is 11.9. The van der Waals surface area contributed by atoms with E-state index in [1.165, 1.54) is 12.4 Å². The van der Waals surface area contributed by atoms with E-state index in [-0.39, 0.29) is 22.7 Å². The number of rotatable bonds is 2. The Morgan fingerprint density at radius 2 is 2.19 bits per heavy atom. The predicted octanol–water partition coefficient (Wildman–Crippen LogP) is 2.07. The molecule has 0 radical (unpaired) electrons. The fourth-order valence-corrected chi connectivity index (χ4v) is 2.90. The van der Waals surface area contributed by atoms with Gasteiger partial charge in [0.05, 0.1) is 22.2 Å². The number of fused-ring (bicyclic) bond motifs is 1. The number of nitrogens with one attached hydrogen (secondary N) is 1. The number of nitrogens with zero attached hydrogens (tertiary/aromatic N) is 3. The van der Waals surface area contributed by atoms with E-state index in [4.69, 9.17) is 0 Å². The van der Waals surface area contributed by atoms with E-state index in [1.807, 2.05) is 4.90 Å². The van der Waals surface area contributed by atoms with Crippen molar-refractivity contribution in [2.45, 2.75) is 26.3 Å². The topological polar surface area (TPSA) is 92.1 Å². The summed E-state index contributed by atoms with van der Waals surface area (Å²) in [5.41, 5.74) is 0.619. The number of anilines is 1. The lowest BCUT2D eigenvalue weighted by Gasteiger charge is -2.25. The Balaban J connectivity index is 2.24. The first-order chi connectivity index (χ1) is 9.99. The Morgan fingerprint density at radius 3 is 2.81 bits per heavy atom. The minimum Gasteiger partial charge on any atom is -0.363 e. The van der Waals surface area contributed by atoms with Crippen LogP contribution < -0.4 is 10.5 Å². The largest absolute Gasteiger partial charge is 0.363 e. The fraction of sp³-hybridized carbons (Fsp3) is 0.429. The monoisotopic (exact) mass is 288 g/mol. The third-order valence-corrected chi connectivity index (χ3v) is 4.38. The SMILES string of the molecule is CC1CCN(c2cc3nc[nH]c(=O)c3cc2[N+](=O)[O-])C1C. The molecular formula is C14H16N4O3. The molecule has 0 bridgehead atoms.